The van der Waals surface area contributed by atoms with Crippen LogP contribution in [0.25, 0.3) is 0 Å². The number of carbonyl (C=O) groups is 1. The van der Waals surface area contributed by atoms with E-state index in [0.29, 0.717) is 11.3 Å². The fraction of sp³-hybridized carbons (Fsp3) is 0.0769. The van der Waals surface area contributed by atoms with Crippen molar-refractivity contribution in [2.75, 3.05) is 10.0 Å². The van der Waals surface area contributed by atoms with Crippen molar-refractivity contribution in [3.63, 3.8) is 0 Å². The zero-order chi connectivity index (χ0) is 15.0. The molecule has 108 valence electrons. The molecule has 1 aliphatic rings. The summed E-state index contributed by atoms with van der Waals surface area (Å²) in [7, 11) is -3.86. The van der Waals surface area contributed by atoms with Crippen LogP contribution in [-0.4, -0.2) is 19.3 Å². The van der Waals surface area contributed by atoms with Crippen LogP contribution in [0.1, 0.15) is 5.56 Å². The quantitative estimate of drug-likeness (QED) is 0.900. The first-order valence-electron chi connectivity index (χ1n) is 6.00. The lowest BCUT2D eigenvalue weighted by molar-refractivity contribution is -0.115. The topological polar surface area (TPSA) is 88.2 Å². The third-order valence-electron chi connectivity index (χ3n) is 2.97. The molecule has 8 heteroatoms. The number of halogens is 1. The number of rotatable bonds is 3. The Bertz CT molecular complexity index is 836. The van der Waals surface area contributed by atoms with Crippen LogP contribution < -0.4 is 10.0 Å². The van der Waals surface area contributed by atoms with Gasteiger partial charge in [-0.05, 0) is 23.8 Å². The van der Waals surface area contributed by atoms with Crippen molar-refractivity contribution in [2.45, 2.75) is 11.3 Å². The van der Waals surface area contributed by atoms with Crippen molar-refractivity contribution in [2.24, 2.45) is 0 Å². The van der Waals surface area contributed by atoms with E-state index in [1.165, 1.54) is 24.4 Å². The molecule has 0 aliphatic carbocycles. The first kappa shape index (κ1) is 13.5. The highest BCUT2D eigenvalue weighted by Crippen LogP contribution is 2.26. The molecule has 3 rings (SSSR count). The Balaban J connectivity index is 1.92. The second-order valence-corrected chi connectivity index (χ2v) is 6.22. The normalized spacial score (nSPS) is 13.7. The van der Waals surface area contributed by atoms with Crippen molar-refractivity contribution in [3.8, 4) is 0 Å². The number of pyridine rings is 1. The summed E-state index contributed by atoms with van der Waals surface area (Å²) in [5.74, 6) is -0.819. The summed E-state index contributed by atoms with van der Waals surface area (Å²) in [5, 5.41) is 2.62. The molecule has 1 aromatic carbocycles. The Morgan fingerprint density at radius 2 is 2.05 bits per heavy atom. The number of fused-ring (bicyclic) bond motifs is 1. The summed E-state index contributed by atoms with van der Waals surface area (Å²) in [5.41, 5.74) is 1.25. The standard InChI is InChI=1S/C13H10FN3O3S/c14-9-5-10(7-15-6-9)17-21(19,20)11-1-2-12-8(3-11)4-13(18)16-12/h1-3,5-7,17H,4H2,(H,16,18). The summed E-state index contributed by atoms with van der Waals surface area (Å²) in [6.45, 7) is 0. The number of aromatic nitrogens is 1. The Hall–Kier alpha value is -2.48. The summed E-state index contributed by atoms with van der Waals surface area (Å²) >= 11 is 0. The molecular formula is C13H10FN3O3S. The van der Waals surface area contributed by atoms with Gasteiger partial charge in [0.1, 0.15) is 5.82 Å². The van der Waals surface area contributed by atoms with Crippen LogP contribution in [0.15, 0.2) is 41.6 Å². The molecule has 21 heavy (non-hydrogen) atoms. The first-order chi connectivity index (χ1) is 9.94. The molecule has 2 heterocycles. The van der Waals surface area contributed by atoms with Crippen LogP contribution >= 0.6 is 0 Å². The average molecular weight is 307 g/mol. The molecule has 0 saturated carbocycles. The second-order valence-electron chi connectivity index (χ2n) is 4.54. The van der Waals surface area contributed by atoms with Gasteiger partial charge in [-0.25, -0.2) is 12.8 Å². The average Bonchev–Trinajstić information content (AvgIpc) is 2.77. The van der Waals surface area contributed by atoms with Crippen LogP contribution in [0.5, 0.6) is 0 Å². The van der Waals surface area contributed by atoms with E-state index in [-0.39, 0.29) is 22.9 Å². The fourth-order valence-electron chi connectivity index (χ4n) is 2.05. The van der Waals surface area contributed by atoms with Gasteiger partial charge < -0.3 is 5.32 Å². The molecule has 0 fully saturated rings. The maximum absolute atomic E-state index is 13.0. The molecule has 2 N–H and O–H groups in total. The molecular weight excluding hydrogens is 297 g/mol. The van der Waals surface area contributed by atoms with E-state index in [2.05, 4.69) is 15.0 Å². The maximum Gasteiger partial charge on any atom is 0.261 e. The number of nitrogens with zero attached hydrogens (tertiary/aromatic N) is 1. The SMILES string of the molecule is O=C1Cc2cc(S(=O)(=O)Nc3cncc(F)c3)ccc2N1. The number of anilines is 2. The summed E-state index contributed by atoms with van der Waals surface area (Å²) < 4.78 is 39.7. The zero-order valence-corrected chi connectivity index (χ0v) is 11.4. The zero-order valence-electron chi connectivity index (χ0n) is 10.6. The molecule has 0 spiro atoms. The maximum atomic E-state index is 13.0. The molecule has 0 bridgehead atoms. The Kier molecular flexibility index (Phi) is 3.09. The van der Waals surface area contributed by atoms with Gasteiger partial charge in [0.25, 0.3) is 10.0 Å². The van der Waals surface area contributed by atoms with Crippen LogP contribution in [0, 0.1) is 5.82 Å². The highest BCUT2D eigenvalue weighted by molar-refractivity contribution is 7.92. The number of amides is 1. The third kappa shape index (κ3) is 2.70. The molecule has 1 amide bonds. The lowest BCUT2D eigenvalue weighted by Crippen LogP contribution is -2.13. The smallest absolute Gasteiger partial charge is 0.261 e. The van der Waals surface area contributed by atoms with Crippen LogP contribution in [0.2, 0.25) is 0 Å². The van der Waals surface area contributed by atoms with Crippen molar-refractivity contribution in [3.05, 3.63) is 48.0 Å². The van der Waals surface area contributed by atoms with E-state index in [1.54, 1.807) is 0 Å². The first-order valence-corrected chi connectivity index (χ1v) is 7.48. The number of benzene rings is 1. The van der Waals surface area contributed by atoms with E-state index in [1.807, 2.05) is 0 Å². The van der Waals surface area contributed by atoms with Gasteiger partial charge in [0.05, 0.1) is 29.4 Å². The van der Waals surface area contributed by atoms with Crippen LogP contribution in [-0.2, 0) is 21.2 Å². The lowest BCUT2D eigenvalue weighted by Gasteiger charge is -2.09. The predicted molar refractivity (Wildman–Crippen MR) is 73.8 cm³/mol. The van der Waals surface area contributed by atoms with Gasteiger partial charge in [-0.3, -0.25) is 14.5 Å². The minimum absolute atomic E-state index is 0.00186. The number of nitrogens with one attached hydrogen (secondary N) is 2. The van der Waals surface area contributed by atoms with E-state index in [0.717, 1.165) is 12.3 Å². The van der Waals surface area contributed by atoms with Crippen molar-refractivity contribution in [1.82, 2.24) is 4.98 Å². The molecule has 0 unspecified atom stereocenters. The Morgan fingerprint density at radius 1 is 1.24 bits per heavy atom. The van der Waals surface area contributed by atoms with Gasteiger partial charge in [-0.15, -0.1) is 0 Å². The molecule has 0 saturated heterocycles. The van der Waals surface area contributed by atoms with Gasteiger partial charge in [-0.2, -0.15) is 0 Å². The summed E-state index contributed by atoms with van der Waals surface area (Å²) in [4.78, 5) is 14.8. The van der Waals surface area contributed by atoms with Gasteiger partial charge in [0.2, 0.25) is 5.91 Å². The molecule has 0 atom stereocenters. The van der Waals surface area contributed by atoms with Crippen molar-refractivity contribution in [1.29, 1.82) is 0 Å². The number of carbonyl (C=O) groups excluding carboxylic acids is 1. The molecule has 0 radical (unpaired) electrons. The van der Waals surface area contributed by atoms with E-state index >= 15 is 0 Å². The number of hydrogen-bond donors (Lipinski definition) is 2. The predicted octanol–water partition coefficient (Wildman–Crippen LogP) is 1.52. The highest BCUT2D eigenvalue weighted by Gasteiger charge is 2.22. The molecule has 6 nitrogen and oxygen atoms in total. The van der Waals surface area contributed by atoms with Gasteiger partial charge in [0.15, 0.2) is 0 Å². The number of sulfonamides is 1. The van der Waals surface area contributed by atoms with Crippen LogP contribution in [0.4, 0.5) is 15.8 Å². The van der Waals surface area contributed by atoms with Gasteiger partial charge in [0, 0.05) is 11.8 Å². The second kappa shape index (κ2) is 4.81. The largest absolute Gasteiger partial charge is 0.326 e. The minimum atomic E-state index is -3.86. The summed E-state index contributed by atoms with van der Waals surface area (Å²) in [6.07, 6.45) is 2.32. The third-order valence-corrected chi connectivity index (χ3v) is 4.35. The minimum Gasteiger partial charge on any atom is -0.326 e. The Morgan fingerprint density at radius 3 is 2.81 bits per heavy atom. The summed E-state index contributed by atoms with van der Waals surface area (Å²) in [6, 6.07) is 5.35. The van der Waals surface area contributed by atoms with E-state index in [9.17, 15) is 17.6 Å². The van der Waals surface area contributed by atoms with Crippen LogP contribution in [0.3, 0.4) is 0 Å². The fourth-order valence-corrected chi connectivity index (χ4v) is 3.14. The van der Waals surface area contributed by atoms with Crippen molar-refractivity contribution < 1.29 is 17.6 Å². The van der Waals surface area contributed by atoms with Gasteiger partial charge >= 0.3 is 0 Å². The monoisotopic (exact) mass is 307 g/mol. The highest BCUT2D eigenvalue weighted by atomic mass is 32.2. The molecule has 2 aromatic rings. The van der Waals surface area contributed by atoms with E-state index in [4.69, 9.17) is 0 Å². The molecule has 1 aromatic heterocycles. The molecule has 1 aliphatic heterocycles. The van der Waals surface area contributed by atoms with Gasteiger partial charge in [-0.1, -0.05) is 0 Å². The number of hydrogen-bond acceptors (Lipinski definition) is 4. The lowest BCUT2D eigenvalue weighted by atomic mass is 10.2. The van der Waals surface area contributed by atoms with Crippen molar-refractivity contribution >= 4 is 27.3 Å². The Labute approximate surface area is 120 Å². The van der Waals surface area contributed by atoms with E-state index < -0.39 is 15.8 Å².